The fourth-order valence-electron chi connectivity index (χ4n) is 3.09. The SMILES string of the molecule is Cc1cccc(S(=O)(=O)N2CCC(C(=O)Nc3cccc(F)c3)CC2)c1. The summed E-state index contributed by atoms with van der Waals surface area (Å²) < 4.78 is 40.1. The second kappa shape index (κ2) is 7.55. The van der Waals surface area contributed by atoms with E-state index in [0.717, 1.165) is 5.56 Å². The number of carbonyl (C=O) groups is 1. The molecular weight excluding hydrogens is 355 g/mol. The molecule has 0 aliphatic carbocycles. The van der Waals surface area contributed by atoms with Crippen LogP contribution < -0.4 is 5.32 Å². The number of sulfonamides is 1. The van der Waals surface area contributed by atoms with Gasteiger partial charge in [0.25, 0.3) is 0 Å². The third-order valence-electron chi connectivity index (χ3n) is 4.54. The van der Waals surface area contributed by atoms with E-state index in [1.165, 1.54) is 22.5 Å². The van der Waals surface area contributed by atoms with E-state index in [0.29, 0.717) is 18.5 Å². The third kappa shape index (κ3) is 4.11. The minimum Gasteiger partial charge on any atom is -0.326 e. The fraction of sp³-hybridized carbons (Fsp3) is 0.316. The van der Waals surface area contributed by atoms with Crippen molar-refractivity contribution in [1.29, 1.82) is 0 Å². The highest BCUT2D eigenvalue weighted by Crippen LogP contribution is 2.25. The number of nitrogens with zero attached hydrogens (tertiary/aromatic N) is 1. The molecule has 7 heteroatoms. The molecule has 5 nitrogen and oxygen atoms in total. The molecule has 0 unspecified atom stereocenters. The largest absolute Gasteiger partial charge is 0.326 e. The molecule has 1 amide bonds. The predicted molar refractivity (Wildman–Crippen MR) is 97.7 cm³/mol. The minimum absolute atomic E-state index is 0.205. The molecule has 26 heavy (non-hydrogen) atoms. The average molecular weight is 376 g/mol. The van der Waals surface area contributed by atoms with Gasteiger partial charge in [0.05, 0.1) is 4.90 Å². The lowest BCUT2D eigenvalue weighted by atomic mass is 9.97. The summed E-state index contributed by atoms with van der Waals surface area (Å²) in [5, 5.41) is 2.70. The topological polar surface area (TPSA) is 66.5 Å². The molecule has 3 rings (SSSR count). The van der Waals surface area contributed by atoms with E-state index in [2.05, 4.69) is 5.32 Å². The Morgan fingerprint density at radius 3 is 2.46 bits per heavy atom. The number of hydrogen-bond acceptors (Lipinski definition) is 3. The second-order valence-corrected chi connectivity index (χ2v) is 8.43. The number of carbonyl (C=O) groups excluding carboxylic acids is 1. The lowest BCUT2D eigenvalue weighted by Gasteiger charge is -2.30. The van der Waals surface area contributed by atoms with Gasteiger partial charge in [-0.2, -0.15) is 4.31 Å². The van der Waals surface area contributed by atoms with Crippen molar-refractivity contribution in [1.82, 2.24) is 4.31 Å². The lowest BCUT2D eigenvalue weighted by molar-refractivity contribution is -0.120. The maximum atomic E-state index is 13.2. The van der Waals surface area contributed by atoms with Crippen LogP contribution in [0.5, 0.6) is 0 Å². The van der Waals surface area contributed by atoms with Crippen molar-refractivity contribution >= 4 is 21.6 Å². The molecule has 138 valence electrons. The molecule has 0 saturated carbocycles. The fourth-order valence-corrected chi connectivity index (χ4v) is 4.67. The Bertz CT molecular complexity index is 907. The Morgan fingerprint density at radius 2 is 1.81 bits per heavy atom. The highest BCUT2D eigenvalue weighted by Gasteiger charge is 2.32. The minimum atomic E-state index is -3.55. The molecule has 0 atom stereocenters. The number of hydrogen-bond donors (Lipinski definition) is 1. The summed E-state index contributed by atoms with van der Waals surface area (Å²) in [5.74, 6) is -0.910. The molecule has 1 saturated heterocycles. The average Bonchev–Trinajstić information content (AvgIpc) is 2.62. The Morgan fingerprint density at radius 1 is 1.12 bits per heavy atom. The molecule has 1 aliphatic heterocycles. The van der Waals surface area contributed by atoms with Crippen LogP contribution in [0.25, 0.3) is 0 Å². The van der Waals surface area contributed by atoms with Crippen molar-refractivity contribution in [3.05, 3.63) is 59.9 Å². The summed E-state index contributed by atoms with van der Waals surface area (Å²) in [6.07, 6.45) is 0.873. The van der Waals surface area contributed by atoms with Gasteiger partial charge in [-0.25, -0.2) is 12.8 Å². The summed E-state index contributed by atoms with van der Waals surface area (Å²) >= 11 is 0. The first-order valence-corrected chi connectivity index (χ1v) is 9.93. The summed E-state index contributed by atoms with van der Waals surface area (Å²) in [6.45, 7) is 2.43. The number of rotatable bonds is 4. The number of aryl methyl sites for hydroxylation is 1. The zero-order valence-electron chi connectivity index (χ0n) is 14.5. The smallest absolute Gasteiger partial charge is 0.243 e. The zero-order chi connectivity index (χ0) is 18.7. The van der Waals surface area contributed by atoms with Crippen LogP contribution in [-0.4, -0.2) is 31.7 Å². The molecule has 1 N–H and O–H groups in total. The number of piperidine rings is 1. The highest BCUT2D eigenvalue weighted by atomic mass is 32.2. The molecule has 0 aromatic heterocycles. The van der Waals surface area contributed by atoms with E-state index in [1.54, 1.807) is 24.3 Å². The van der Waals surface area contributed by atoms with Gasteiger partial charge in [-0.15, -0.1) is 0 Å². The number of halogens is 1. The maximum Gasteiger partial charge on any atom is 0.243 e. The Hall–Kier alpha value is -2.25. The van der Waals surface area contributed by atoms with E-state index in [-0.39, 0.29) is 29.8 Å². The Balaban J connectivity index is 1.62. The van der Waals surface area contributed by atoms with Crippen LogP contribution in [0.3, 0.4) is 0 Å². The van der Waals surface area contributed by atoms with Gasteiger partial charge in [-0.05, 0) is 55.7 Å². The second-order valence-electron chi connectivity index (χ2n) is 6.49. The van der Waals surface area contributed by atoms with Crippen LogP contribution in [0.2, 0.25) is 0 Å². The predicted octanol–water partition coefficient (Wildman–Crippen LogP) is 3.17. The molecule has 1 aliphatic rings. The first-order valence-electron chi connectivity index (χ1n) is 8.49. The number of benzene rings is 2. The molecule has 2 aromatic carbocycles. The molecule has 0 bridgehead atoms. The van der Waals surface area contributed by atoms with Crippen molar-refractivity contribution in [2.24, 2.45) is 5.92 Å². The van der Waals surface area contributed by atoms with Crippen molar-refractivity contribution in [2.45, 2.75) is 24.7 Å². The summed E-state index contributed by atoms with van der Waals surface area (Å²) in [7, 11) is -3.55. The molecule has 1 heterocycles. The normalized spacial score (nSPS) is 16.4. The standard InChI is InChI=1S/C19H21FN2O3S/c1-14-4-2-7-18(12-14)26(24,25)22-10-8-15(9-11-22)19(23)21-17-6-3-5-16(20)13-17/h2-7,12-13,15H,8-11H2,1H3,(H,21,23). The van der Waals surface area contributed by atoms with Gasteiger partial charge in [-0.1, -0.05) is 18.2 Å². The first kappa shape index (κ1) is 18.5. The maximum absolute atomic E-state index is 13.2. The van der Waals surface area contributed by atoms with Crippen LogP contribution in [0.15, 0.2) is 53.4 Å². The molecule has 0 spiro atoms. The van der Waals surface area contributed by atoms with Crippen molar-refractivity contribution in [2.75, 3.05) is 18.4 Å². The summed E-state index contributed by atoms with van der Waals surface area (Å²) in [6, 6.07) is 12.5. The van der Waals surface area contributed by atoms with Gasteiger partial charge >= 0.3 is 0 Å². The van der Waals surface area contributed by atoms with E-state index in [9.17, 15) is 17.6 Å². The number of nitrogens with one attached hydrogen (secondary N) is 1. The molecule has 1 fully saturated rings. The van der Waals surface area contributed by atoms with Crippen LogP contribution >= 0.6 is 0 Å². The first-order chi connectivity index (χ1) is 12.4. The van der Waals surface area contributed by atoms with E-state index < -0.39 is 15.8 Å². The van der Waals surface area contributed by atoms with E-state index in [4.69, 9.17) is 0 Å². The van der Waals surface area contributed by atoms with Gasteiger partial charge < -0.3 is 5.32 Å². The zero-order valence-corrected chi connectivity index (χ0v) is 15.3. The number of anilines is 1. The Labute approximate surface area is 152 Å². The summed E-state index contributed by atoms with van der Waals surface area (Å²) in [5.41, 5.74) is 1.29. The van der Waals surface area contributed by atoms with Crippen molar-refractivity contribution in [3.8, 4) is 0 Å². The Kier molecular flexibility index (Phi) is 5.38. The molecule has 2 aromatic rings. The van der Waals surface area contributed by atoms with Crippen LogP contribution in [0.4, 0.5) is 10.1 Å². The highest BCUT2D eigenvalue weighted by molar-refractivity contribution is 7.89. The number of amides is 1. The van der Waals surface area contributed by atoms with Gasteiger partial charge in [0.15, 0.2) is 0 Å². The van der Waals surface area contributed by atoms with Crippen LogP contribution in [0.1, 0.15) is 18.4 Å². The van der Waals surface area contributed by atoms with E-state index >= 15 is 0 Å². The molecular formula is C19H21FN2O3S. The van der Waals surface area contributed by atoms with Crippen molar-refractivity contribution < 1.29 is 17.6 Å². The van der Waals surface area contributed by atoms with Crippen LogP contribution in [0, 0.1) is 18.7 Å². The van der Waals surface area contributed by atoms with Gasteiger partial charge in [-0.3, -0.25) is 4.79 Å². The van der Waals surface area contributed by atoms with Gasteiger partial charge in [0.1, 0.15) is 5.82 Å². The van der Waals surface area contributed by atoms with E-state index in [1.807, 2.05) is 13.0 Å². The lowest BCUT2D eigenvalue weighted by Crippen LogP contribution is -2.41. The summed E-state index contributed by atoms with van der Waals surface area (Å²) in [4.78, 5) is 12.6. The van der Waals surface area contributed by atoms with Gasteiger partial charge in [0, 0.05) is 24.7 Å². The third-order valence-corrected chi connectivity index (χ3v) is 6.44. The van der Waals surface area contributed by atoms with Crippen LogP contribution in [-0.2, 0) is 14.8 Å². The van der Waals surface area contributed by atoms with Crippen molar-refractivity contribution in [3.63, 3.8) is 0 Å². The molecule has 0 radical (unpaired) electrons. The van der Waals surface area contributed by atoms with Gasteiger partial charge in [0.2, 0.25) is 15.9 Å². The monoisotopic (exact) mass is 376 g/mol. The quantitative estimate of drug-likeness (QED) is 0.891.